The Morgan fingerprint density at radius 2 is 1.56 bits per heavy atom. The Morgan fingerprint density at radius 3 is 2.16 bits per heavy atom. The summed E-state index contributed by atoms with van der Waals surface area (Å²) in [6.45, 7) is 8.93. The molecule has 2 aliphatic rings. The summed E-state index contributed by atoms with van der Waals surface area (Å²) in [5.74, 6) is -1.02. The van der Waals surface area contributed by atoms with Crippen molar-refractivity contribution in [3.63, 3.8) is 0 Å². The summed E-state index contributed by atoms with van der Waals surface area (Å²) < 4.78 is 23.2. The number of benzene rings is 2. The summed E-state index contributed by atoms with van der Waals surface area (Å²) in [4.78, 5) is 42.2. The molecule has 2 aromatic rings. The average Bonchev–Trinajstić information content (AvgIpc) is 3.57. The van der Waals surface area contributed by atoms with Gasteiger partial charge in [0.15, 0.2) is 0 Å². The fourth-order valence-electron chi connectivity index (χ4n) is 5.52. The van der Waals surface area contributed by atoms with Crippen molar-refractivity contribution >= 4 is 25.0 Å². The second-order valence-electron chi connectivity index (χ2n) is 12.5. The molecule has 12 heteroatoms. The number of hydrogen-bond donors (Lipinski definition) is 2. The van der Waals surface area contributed by atoms with Gasteiger partial charge in [-0.05, 0) is 64.5 Å². The van der Waals surface area contributed by atoms with Gasteiger partial charge in [0, 0.05) is 26.7 Å². The van der Waals surface area contributed by atoms with Crippen LogP contribution in [-0.4, -0.2) is 79.4 Å². The Balaban J connectivity index is 0.00000552. The Bertz CT molecular complexity index is 1240. The molecule has 45 heavy (non-hydrogen) atoms. The van der Waals surface area contributed by atoms with E-state index >= 15 is 0 Å². The molecule has 10 nitrogen and oxygen atoms in total. The Hall–Kier alpha value is -2.81. The molecular formula is C33H46BLiN3O7+. The van der Waals surface area contributed by atoms with Crippen LogP contribution in [0.4, 0.5) is 4.79 Å². The number of rotatable bonds is 13. The minimum Gasteiger partial charge on any atom is -0.445 e. The first-order valence-corrected chi connectivity index (χ1v) is 15.5. The maximum Gasteiger partial charge on any atom is 1.00 e. The molecule has 0 aromatic heterocycles. The van der Waals surface area contributed by atoms with Gasteiger partial charge < -0.3 is 34.3 Å². The van der Waals surface area contributed by atoms with E-state index in [9.17, 15) is 14.4 Å². The molecule has 2 fully saturated rings. The fraction of sp³-hybridized carbons (Fsp3) is 0.545. The zero-order chi connectivity index (χ0) is 31.7. The summed E-state index contributed by atoms with van der Waals surface area (Å²) in [5.41, 5.74) is 0.617. The second kappa shape index (κ2) is 16.7. The molecule has 0 aliphatic carbocycles. The number of carbonyl (C=O) groups excluding carboxylic acids is 3. The van der Waals surface area contributed by atoms with Gasteiger partial charge in [-0.2, -0.15) is 0 Å². The van der Waals surface area contributed by atoms with Crippen LogP contribution < -0.4 is 29.5 Å². The first-order chi connectivity index (χ1) is 21.0. The van der Waals surface area contributed by atoms with Crippen molar-refractivity contribution < 1.29 is 52.0 Å². The van der Waals surface area contributed by atoms with Crippen LogP contribution in [0.2, 0.25) is 0 Å². The standard InChI is InChI=1S/C33H46BN3O7.Li/c1-32(2)33(3,4)44-34(43-32)28(19-13-21-41-5)36-29(38)27-18-12-20-37(27)30(39)26(22-24-14-8-6-9-15-24)35-31(40)42-23-25-16-10-7-11-17-25;/h6-11,14-17,26-28H,12-13,18-23H2,1-5H3,(H,35,40)(H,36,38);/q;+1/t26-,27?,28-;/m1./s1. The first kappa shape index (κ1) is 36.7. The minimum atomic E-state index is -0.908. The number of ether oxygens (including phenoxy) is 2. The Kier molecular flexibility index (Phi) is 13.6. The summed E-state index contributed by atoms with van der Waals surface area (Å²) in [7, 11) is 1.00. The van der Waals surface area contributed by atoms with Gasteiger partial charge in [-0.3, -0.25) is 9.59 Å². The minimum absolute atomic E-state index is 0. The number of alkyl carbamates (subject to hydrolysis) is 1. The fourth-order valence-corrected chi connectivity index (χ4v) is 5.52. The molecule has 0 radical (unpaired) electrons. The van der Waals surface area contributed by atoms with Crippen molar-refractivity contribution in [2.24, 2.45) is 0 Å². The van der Waals surface area contributed by atoms with Gasteiger partial charge in [0.2, 0.25) is 11.8 Å². The number of nitrogens with zero attached hydrogens (tertiary/aromatic N) is 1. The van der Waals surface area contributed by atoms with E-state index in [4.69, 9.17) is 18.8 Å². The number of nitrogens with one attached hydrogen (secondary N) is 2. The summed E-state index contributed by atoms with van der Waals surface area (Å²) in [6, 6.07) is 17.2. The van der Waals surface area contributed by atoms with E-state index in [-0.39, 0.29) is 43.7 Å². The van der Waals surface area contributed by atoms with E-state index in [0.717, 1.165) is 11.1 Å². The zero-order valence-electron chi connectivity index (χ0n) is 27.5. The van der Waals surface area contributed by atoms with Crippen molar-refractivity contribution in [1.82, 2.24) is 15.5 Å². The molecule has 0 bridgehead atoms. The number of likely N-dealkylation sites (tertiary alicyclic amines) is 1. The second-order valence-corrected chi connectivity index (χ2v) is 12.5. The van der Waals surface area contributed by atoms with Crippen LogP contribution in [0.15, 0.2) is 60.7 Å². The number of amides is 3. The topological polar surface area (TPSA) is 115 Å². The molecule has 0 spiro atoms. The monoisotopic (exact) mass is 614 g/mol. The van der Waals surface area contributed by atoms with Crippen LogP contribution in [0.1, 0.15) is 64.5 Å². The van der Waals surface area contributed by atoms with Gasteiger partial charge in [-0.25, -0.2) is 4.79 Å². The van der Waals surface area contributed by atoms with Gasteiger partial charge in [0.25, 0.3) is 0 Å². The van der Waals surface area contributed by atoms with Gasteiger partial charge in [0.1, 0.15) is 18.7 Å². The Morgan fingerprint density at radius 1 is 0.956 bits per heavy atom. The van der Waals surface area contributed by atoms with Crippen LogP contribution in [0.5, 0.6) is 0 Å². The van der Waals surface area contributed by atoms with Crippen LogP contribution in [0, 0.1) is 0 Å². The number of hydrogen-bond acceptors (Lipinski definition) is 7. The van der Waals surface area contributed by atoms with Crippen LogP contribution in [0.25, 0.3) is 0 Å². The van der Waals surface area contributed by atoms with Gasteiger partial charge in [-0.15, -0.1) is 0 Å². The van der Waals surface area contributed by atoms with Crippen molar-refractivity contribution in [1.29, 1.82) is 0 Å². The third-order valence-electron chi connectivity index (χ3n) is 8.72. The molecule has 3 atom stereocenters. The normalized spacial score (nSPS) is 19.7. The van der Waals surface area contributed by atoms with Crippen LogP contribution in [0.3, 0.4) is 0 Å². The van der Waals surface area contributed by atoms with Crippen molar-refractivity contribution in [3.8, 4) is 0 Å². The average molecular weight is 614 g/mol. The predicted octanol–water partition coefficient (Wildman–Crippen LogP) is 1.06. The molecule has 2 aromatic carbocycles. The van der Waals surface area contributed by atoms with E-state index in [1.54, 1.807) is 12.0 Å². The maximum atomic E-state index is 14.0. The van der Waals surface area contributed by atoms with Gasteiger partial charge in [-0.1, -0.05) is 60.7 Å². The molecule has 1 unspecified atom stereocenters. The summed E-state index contributed by atoms with van der Waals surface area (Å²) in [5, 5.41) is 5.91. The van der Waals surface area contributed by atoms with Crippen molar-refractivity contribution in [3.05, 3.63) is 71.8 Å². The summed E-state index contributed by atoms with van der Waals surface area (Å²) in [6.07, 6.45) is 2.05. The molecule has 3 amide bonds. The molecule has 2 saturated heterocycles. The molecule has 2 aliphatic heterocycles. The maximum absolute atomic E-state index is 14.0. The third kappa shape index (κ3) is 9.84. The molecule has 0 saturated carbocycles. The molecule has 238 valence electrons. The van der Waals surface area contributed by atoms with E-state index in [1.807, 2.05) is 88.4 Å². The number of carbonyl (C=O) groups is 3. The van der Waals surface area contributed by atoms with E-state index in [2.05, 4.69) is 10.6 Å². The molecule has 4 rings (SSSR count). The van der Waals surface area contributed by atoms with E-state index in [0.29, 0.717) is 38.8 Å². The van der Waals surface area contributed by atoms with Crippen LogP contribution >= 0.6 is 0 Å². The third-order valence-corrected chi connectivity index (χ3v) is 8.72. The van der Waals surface area contributed by atoms with Gasteiger partial charge >= 0.3 is 32.1 Å². The number of methoxy groups -OCH3 is 1. The largest absolute Gasteiger partial charge is 1.00 e. The van der Waals surface area contributed by atoms with Crippen LogP contribution in [-0.2, 0) is 41.4 Å². The van der Waals surface area contributed by atoms with Crippen molar-refractivity contribution in [2.75, 3.05) is 20.3 Å². The Labute approximate surface area is 279 Å². The summed E-state index contributed by atoms with van der Waals surface area (Å²) >= 11 is 0. The zero-order valence-corrected chi connectivity index (χ0v) is 27.5. The van der Waals surface area contributed by atoms with Crippen molar-refractivity contribution in [2.45, 2.75) is 95.6 Å². The quantitative estimate of drug-likeness (QED) is 0.256. The van der Waals surface area contributed by atoms with E-state index in [1.165, 1.54) is 0 Å². The predicted molar refractivity (Wildman–Crippen MR) is 168 cm³/mol. The SMILES string of the molecule is COCCC[C@@H](NC(=O)C1CCCN1C(=O)[C@@H](Cc1ccccc1)NC(=O)OCc1ccccc1)B1OC(C)(C)C(C)(C)O1.[Li+]. The molecule has 2 heterocycles. The molecule has 2 N–H and O–H groups in total. The van der Waals surface area contributed by atoms with E-state index < -0.39 is 42.4 Å². The smallest absolute Gasteiger partial charge is 0.445 e. The van der Waals surface area contributed by atoms with Gasteiger partial charge in [0.05, 0.1) is 17.1 Å². The first-order valence-electron chi connectivity index (χ1n) is 15.5. The molecular weight excluding hydrogens is 568 g/mol.